The van der Waals surface area contributed by atoms with Gasteiger partial charge in [0.2, 0.25) is 0 Å². The fourth-order valence-corrected chi connectivity index (χ4v) is 1.61. The molecule has 2 aromatic rings. The lowest BCUT2D eigenvalue weighted by molar-refractivity contribution is 0.103. The molecule has 0 atom stereocenters. The van der Waals surface area contributed by atoms with Crippen molar-refractivity contribution in [2.75, 3.05) is 5.32 Å². The van der Waals surface area contributed by atoms with E-state index < -0.39 is 0 Å². The molecule has 5 nitrogen and oxygen atoms in total. The molecule has 0 saturated carbocycles. The van der Waals surface area contributed by atoms with E-state index in [1.807, 2.05) is 0 Å². The first-order chi connectivity index (χ1) is 7.27. The molecule has 0 spiro atoms. The monoisotopic (exact) mass is 220 g/mol. The number of hydrogen-bond donors (Lipinski definition) is 1. The van der Waals surface area contributed by atoms with Crippen LogP contribution >= 0.6 is 11.5 Å². The standard InChI is InChI=1S/C9H8N4OS/c1-6-8(15-13-12-6)9(14)11-7-2-4-10-5-3-7/h2-5H,1H3,(H,10,11,14). The third kappa shape index (κ3) is 2.16. The molecule has 15 heavy (non-hydrogen) atoms. The Labute approximate surface area is 90.3 Å². The third-order valence-corrected chi connectivity index (χ3v) is 2.62. The smallest absolute Gasteiger partial charge is 0.269 e. The van der Waals surface area contributed by atoms with Crippen LogP contribution in [0.1, 0.15) is 15.4 Å². The topological polar surface area (TPSA) is 67.8 Å². The van der Waals surface area contributed by atoms with Gasteiger partial charge >= 0.3 is 0 Å². The zero-order valence-corrected chi connectivity index (χ0v) is 8.78. The van der Waals surface area contributed by atoms with Gasteiger partial charge < -0.3 is 5.32 Å². The zero-order chi connectivity index (χ0) is 10.7. The van der Waals surface area contributed by atoms with Crippen LogP contribution in [0.25, 0.3) is 0 Å². The average Bonchev–Trinajstić information content (AvgIpc) is 2.66. The lowest BCUT2D eigenvalue weighted by atomic mass is 10.3. The maximum absolute atomic E-state index is 11.7. The number of rotatable bonds is 2. The first-order valence-corrected chi connectivity index (χ1v) is 5.05. The molecule has 0 aromatic carbocycles. The predicted molar refractivity (Wildman–Crippen MR) is 56.8 cm³/mol. The Morgan fingerprint density at radius 2 is 2.13 bits per heavy atom. The van der Waals surface area contributed by atoms with Gasteiger partial charge in [0.1, 0.15) is 4.88 Å². The SMILES string of the molecule is Cc1nnsc1C(=O)Nc1ccncc1. The Kier molecular flexibility index (Phi) is 2.68. The second kappa shape index (κ2) is 4.14. The summed E-state index contributed by atoms with van der Waals surface area (Å²) in [5.41, 5.74) is 1.36. The Hall–Kier alpha value is -1.82. The lowest BCUT2D eigenvalue weighted by Gasteiger charge is -2.01. The highest BCUT2D eigenvalue weighted by atomic mass is 32.1. The predicted octanol–water partition coefficient (Wildman–Crippen LogP) is 1.49. The minimum atomic E-state index is -0.186. The van der Waals surface area contributed by atoms with Gasteiger partial charge in [0.25, 0.3) is 5.91 Å². The fourth-order valence-electron chi connectivity index (χ4n) is 1.06. The largest absolute Gasteiger partial charge is 0.321 e. The maximum atomic E-state index is 11.7. The first kappa shape index (κ1) is 9.72. The van der Waals surface area contributed by atoms with Crippen molar-refractivity contribution in [2.24, 2.45) is 0 Å². The molecule has 0 aliphatic heterocycles. The van der Waals surface area contributed by atoms with Crippen LogP contribution in [0.3, 0.4) is 0 Å². The van der Waals surface area contributed by atoms with Crippen molar-refractivity contribution in [3.8, 4) is 0 Å². The van der Waals surface area contributed by atoms with E-state index in [0.717, 1.165) is 11.5 Å². The fraction of sp³-hybridized carbons (Fsp3) is 0.111. The number of pyridine rings is 1. The van der Waals surface area contributed by atoms with Crippen LogP contribution in [-0.2, 0) is 0 Å². The molecule has 2 aromatic heterocycles. The highest BCUT2D eigenvalue weighted by molar-refractivity contribution is 7.08. The van der Waals surface area contributed by atoms with E-state index in [1.165, 1.54) is 0 Å². The van der Waals surface area contributed by atoms with E-state index >= 15 is 0 Å². The summed E-state index contributed by atoms with van der Waals surface area (Å²) in [6, 6.07) is 3.45. The molecular weight excluding hydrogens is 212 g/mol. The number of carbonyl (C=O) groups is 1. The molecule has 0 bridgehead atoms. The molecule has 76 valence electrons. The van der Waals surface area contributed by atoms with E-state index in [1.54, 1.807) is 31.5 Å². The van der Waals surface area contributed by atoms with Crippen LogP contribution in [0.15, 0.2) is 24.5 Å². The molecule has 0 unspecified atom stereocenters. The molecule has 1 amide bonds. The maximum Gasteiger partial charge on any atom is 0.269 e. The molecule has 0 saturated heterocycles. The molecule has 0 aliphatic rings. The van der Waals surface area contributed by atoms with Crippen LogP contribution in [0.4, 0.5) is 5.69 Å². The second-order valence-corrected chi connectivity index (χ2v) is 3.63. The van der Waals surface area contributed by atoms with Crippen molar-refractivity contribution in [1.29, 1.82) is 0 Å². The minimum absolute atomic E-state index is 0.186. The van der Waals surface area contributed by atoms with Gasteiger partial charge in [-0.15, -0.1) is 5.10 Å². The summed E-state index contributed by atoms with van der Waals surface area (Å²) >= 11 is 1.09. The Morgan fingerprint density at radius 1 is 1.40 bits per heavy atom. The number of anilines is 1. The number of nitrogens with one attached hydrogen (secondary N) is 1. The highest BCUT2D eigenvalue weighted by Gasteiger charge is 2.12. The van der Waals surface area contributed by atoms with E-state index in [9.17, 15) is 4.79 Å². The summed E-state index contributed by atoms with van der Waals surface area (Å²) in [6.07, 6.45) is 3.24. The Morgan fingerprint density at radius 3 is 2.73 bits per heavy atom. The Bertz CT molecular complexity index is 468. The number of aromatic nitrogens is 3. The summed E-state index contributed by atoms with van der Waals surface area (Å²) in [5.74, 6) is -0.186. The van der Waals surface area contributed by atoms with Crippen molar-refractivity contribution < 1.29 is 4.79 Å². The Balaban J connectivity index is 2.15. The van der Waals surface area contributed by atoms with Crippen LogP contribution in [0.5, 0.6) is 0 Å². The van der Waals surface area contributed by atoms with Gasteiger partial charge in [0.05, 0.1) is 5.69 Å². The third-order valence-electron chi connectivity index (χ3n) is 1.80. The molecule has 2 rings (SSSR count). The van der Waals surface area contributed by atoms with Crippen molar-refractivity contribution in [3.63, 3.8) is 0 Å². The number of carbonyl (C=O) groups excluding carboxylic acids is 1. The van der Waals surface area contributed by atoms with Crippen molar-refractivity contribution in [2.45, 2.75) is 6.92 Å². The van der Waals surface area contributed by atoms with Crippen molar-refractivity contribution in [1.82, 2.24) is 14.6 Å². The first-order valence-electron chi connectivity index (χ1n) is 4.27. The molecule has 6 heteroatoms. The van der Waals surface area contributed by atoms with E-state index in [0.29, 0.717) is 16.3 Å². The van der Waals surface area contributed by atoms with Gasteiger partial charge in [-0.1, -0.05) is 4.49 Å². The summed E-state index contributed by atoms with van der Waals surface area (Å²) in [6.45, 7) is 1.75. The van der Waals surface area contributed by atoms with Gasteiger partial charge in [-0.05, 0) is 30.6 Å². The molecule has 0 fully saturated rings. The number of aryl methyl sites for hydroxylation is 1. The van der Waals surface area contributed by atoms with E-state index in [2.05, 4.69) is 19.9 Å². The molecule has 1 N–H and O–H groups in total. The summed E-state index contributed by atoms with van der Waals surface area (Å²) in [7, 11) is 0. The van der Waals surface area contributed by atoms with Gasteiger partial charge in [-0.25, -0.2) is 0 Å². The normalized spacial score (nSPS) is 9.93. The number of hydrogen-bond acceptors (Lipinski definition) is 5. The average molecular weight is 220 g/mol. The number of nitrogens with zero attached hydrogens (tertiary/aromatic N) is 3. The van der Waals surface area contributed by atoms with Crippen molar-refractivity contribution >= 4 is 23.1 Å². The summed E-state index contributed by atoms with van der Waals surface area (Å²) in [5, 5.41) is 6.51. The van der Waals surface area contributed by atoms with E-state index in [-0.39, 0.29) is 5.91 Å². The van der Waals surface area contributed by atoms with Crippen LogP contribution < -0.4 is 5.32 Å². The van der Waals surface area contributed by atoms with Crippen LogP contribution in [-0.4, -0.2) is 20.5 Å². The molecule has 0 aliphatic carbocycles. The quantitative estimate of drug-likeness (QED) is 0.832. The van der Waals surface area contributed by atoms with Gasteiger partial charge in [-0.2, -0.15) is 0 Å². The van der Waals surface area contributed by atoms with Crippen LogP contribution in [0, 0.1) is 6.92 Å². The van der Waals surface area contributed by atoms with Crippen LogP contribution in [0.2, 0.25) is 0 Å². The van der Waals surface area contributed by atoms with Gasteiger partial charge in [0.15, 0.2) is 0 Å². The van der Waals surface area contributed by atoms with Gasteiger partial charge in [-0.3, -0.25) is 9.78 Å². The molecule has 0 radical (unpaired) electrons. The number of amides is 1. The van der Waals surface area contributed by atoms with E-state index in [4.69, 9.17) is 0 Å². The zero-order valence-electron chi connectivity index (χ0n) is 7.97. The highest BCUT2D eigenvalue weighted by Crippen LogP contribution is 2.12. The summed E-state index contributed by atoms with van der Waals surface area (Å²) in [4.78, 5) is 16.1. The molecular formula is C9H8N4OS. The second-order valence-electron chi connectivity index (χ2n) is 2.88. The lowest BCUT2D eigenvalue weighted by Crippen LogP contribution is -2.11. The van der Waals surface area contributed by atoms with Gasteiger partial charge in [0, 0.05) is 18.1 Å². The minimum Gasteiger partial charge on any atom is -0.321 e. The van der Waals surface area contributed by atoms with Crippen molar-refractivity contribution in [3.05, 3.63) is 35.1 Å². The molecule has 2 heterocycles. The summed E-state index contributed by atoms with van der Waals surface area (Å²) < 4.78 is 3.70.